The van der Waals surface area contributed by atoms with Gasteiger partial charge in [-0.2, -0.15) is 10.5 Å². The van der Waals surface area contributed by atoms with Gasteiger partial charge in [0.1, 0.15) is 22.6 Å². The monoisotopic (exact) mass is 417 g/mol. The summed E-state index contributed by atoms with van der Waals surface area (Å²) in [5, 5.41) is 21.4. The normalized spacial score (nSPS) is 28.9. The molecule has 4 nitrogen and oxygen atoms in total. The fourth-order valence-corrected chi connectivity index (χ4v) is 8.35. The Kier molecular flexibility index (Phi) is 4.47. The molecule has 2 heterocycles. The first kappa shape index (κ1) is 18.8. The maximum Gasteiger partial charge on any atom is 0.269 e. The maximum absolute atomic E-state index is 10.2. The van der Waals surface area contributed by atoms with Gasteiger partial charge in [-0.25, -0.2) is 0 Å². The van der Waals surface area contributed by atoms with E-state index in [0.29, 0.717) is 0 Å². The number of aliphatic imine (C=N–C) groups is 1. The lowest BCUT2D eigenvalue weighted by molar-refractivity contribution is 0.0216. The lowest BCUT2D eigenvalue weighted by atomic mass is 9.83. The van der Waals surface area contributed by atoms with Crippen LogP contribution in [0.5, 0.6) is 0 Å². The van der Waals surface area contributed by atoms with E-state index in [1.54, 1.807) is 23.5 Å². The van der Waals surface area contributed by atoms with E-state index in [9.17, 15) is 10.5 Å². The van der Waals surface area contributed by atoms with Crippen molar-refractivity contribution in [2.24, 2.45) is 4.99 Å². The van der Waals surface area contributed by atoms with Crippen LogP contribution in [0.3, 0.4) is 0 Å². The van der Waals surface area contributed by atoms with Gasteiger partial charge in [-0.1, -0.05) is 97.0 Å². The minimum atomic E-state index is -1.56. The minimum absolute atomic E-state index is 0.370. The molecule has 2 spiro atoms. The third-order valence-corrected chi connectivity index (χ3v) is 9.62. The van der Waals surface area contributed by atoms with Crippen LogP contribution in [0.25, 0.3) is 0 Å². The smallest absolute Gasteiger partial charge is 0.269 e. The van der Waals surface area contributed by atoms with E-state index in [1.807, 2.05) is 60.7 Å². The summed E-state index contributed by atoms with van der Waals surface area (Å²) in [6, 6.07) is 24.5. The molecule has 29 heavy (non-hydrogen) atoms. The molecule has 2 aromatic carbocycles. The molecule has 2 aliphatic heterocycles. The van der Waals surface area contributed by atoms with Crippen molar-refractivity contribution in [2.45, 2.75) is 46.3 Å². The molecule has 1 saturated heterocycles. The van der Waals surface area contributed by atoms with Gasteiger partial charge in [0.25, 0.3) is 5.60 Å². The predicted octanol–water partition coefficient (Wildman–Crippen LogP) is 5.44. The van der Waals surface area contributed by atoms with Crippen molar-refractivity contribution in [2.75, 3.05) is 0 Å². The summed E-state index contributed by atoms with van der Waals surface area (Å²) in [4.78, 5) is 5.22. The predicted molar refractivity (Wildman–Crippen MR) is 116 cm³/mol. The maximum atomic E-state index is 10.2. The summed E-state index contributed by atoms with van der Waals surface area (Å²) in [6.07, 6.45) is 3.85. The highest BCUT2D eigenvalue weighted by Gasteiger charge is 2.75. The van der Waals surface area contributed by atoms with Crippen molar-refractivity contribution in [3.63, 3.8) is 0 Å². The summed E-state index contributed by atoms with van der Waals surface area (Å²) in [7, 11) is 0. The molecule has 2 fully saturated rings. The molecule has 144 valence electrons. The molecule has 2 atom stereocenters. The Morgan fingerprint density at radius 3 is 2.17 bits per heavy atom. The number of rotatable bonds is 2. The summed E-state index contributed by atoms with van der Waals surface area (Å²) < 4.78 is 5.50. The number of hydrogen-bond acceptors (Lipinski definition) is 6. The van der Waals surface area contributed by atoms with E-state index in [1.165, 1.54) is 0 Å². The summed E-state index contributed by atoms with van der Waals surface area (Å²) >= 11 is 3.17. The Labute approximate surface area is 179 Å². The third kappa shape index (κ3) is 2.60. The van der Waals surface area contributed by atoms with Gasteiger partial charge in [0.2, 0.25) is 0 Å². The average Bonchev–Trinajstić information content (AvgIpc) is 3.48. The standard InChI is InChI=1S/C23H19N3OS2/c24-15-22(16-25)23(29-20(27-22)18-11-5-2-6-12-18)21(13-7-8-14-21)26-19(28-23)17-9-3-1-4-10-17/h1-6,9-12,20H,7-8,13-14H2/t20-,23+/m0/s1. The molecule has 6 heteroatoms. The molecule has 2 aromatic rings. The molecule has 5 rings (SSSR count). The van der Waals surface area contributed by atoms with Gasteiger partial charge in [0.05, 0.1) is 5.54 Å². The Bertz CT molecular complexity index is 1020. The zero-order valence-corrected chi connectivity index (χ0v) is 17.4. The first-order valence-corrected chi connectivity index (χ1v) is 11.4. The van der Waals surface area contributed by atoms with Crippen LogP contribution >= 0.6 is 23.5 Å². The van der Waals surface area contributed by atoms with Crippen molar-refractivity contribution in [3.8, 4) is 12.1 Å². The Hall–Kier alpha value is -2.25. The molecule has 3 aliphatic rings. The number of thioether (sulfide) groups is 2. The molecule has 0 amide bonds. The van der Waals surface area contributed by atoms with Crippen molar-refractivity contribution < 1.29 is 4.74 Å². The largest absolute Gasteiger partial charge is 0.327 e. The van der Waals surface area contributed by atoms with Crippen LogP contribution < -0.4 is 0 Å². The lowest BCUT2D eigenvalue weighted by Crippen LogP contribution is -2.56. The van der Waals surface area contributed by atoms with Crippen LogP contribution in [-0.4, -0.2) is 20.3 Å². The van der Waals surface area contributed by atoms with E-state index >= 15 is 0 Å². The number of hydrogen-bond donors (Lipinski definition) is 0. The van der Waals surface area contributed by atoms with Gasteiger partial charge < -0.3 is 4.74 Å². The quantitative estimate of drug-likeness (QED) is 0.651. The van der Waals surface area contributed by atoms with Crippen LogP contribution in [0, 0.1) is 22.7 Å². The van der Waals surface area contributed by atoms with E-state index < -0.39 is 15.2 Å². The molecule has 0 aromatic heterocycles. The summed E-state index contributed by atoms with van der Waals surface area (Å²) in [6.45, 7) is 0. The molecule has 0 N–H and O–H groups in total. The SMILES string of the molecule is N#CC1(C#N)O[C@H](c2ccccc2)S[C@@]12SC(c1ccccc1)=NC21CCCC1. The Morgan fingerprint density at radius 1 is 0.931 bits per heavy atom. The van der Waals surface area contributed by atoms with Crippen molar-refractivity contribution in [1.82, 2.24) is 0 Å². The second kappa shape index (κ2) is 6.92. The van der Waals surface area contributed by atoms with Crippen molar-refractivity contribution >= 4 is 28.6 Å². The minimum Gasteiger partial charge on any atom is -0.327 e. The van der Waals surface area contributed by atoms with E-state index in [0.717, 1.165) is 41.9 Å². The van der Waals surface area contributed by atoms with Crippen LogP contribution in [0.15, 0.2) is 65.7 Å². The first-order valence-electron chi connectivity index (χ1n) is 9.75. The summed E-state index contributed by atoms with van der Waals surface area (Å²) in [5.74, 6) is 0. The summed E-state index contributed by atoms with van der Waals surface area (Å²) in [5.41, 5.74) is -0.387. The van der Waals surface area contributed by atoms with Crippen LogP contribution in [-0.2, 0) is 4.74 Å². The van der Waals surface area contributed by atoms with E-state index in [4.69, 9.17) is 9.73 Å². The highest BCUT2D eigenvalue weighted by molar-refractivity contribution is 8.27. The fourth-order valence-electron chi connectivity index (χ4n) is 4.63. The molecular weight excluding hydrogens is 398 g/mol. The van der Waals surface area contributed by atoms with Crippen molar-refractivity contribution in [3.05, 3.63) is 71.8 Å². The Balaban J connectivity index is 1.65. The highest BCUT2D eigenvalue weighted by atomic mass is 32.2. The molecule has 1 aliphatic carbocycles. The van der Waals surface area contributed by atoms with E-state index in [2.05, 4.69) is 12.1 Å². The topological polar surface area (TPSA) is 69.2 Å². The Morgan fingerprint density at radius 2 is 1.55 bits per heavy atom. The van der Waals surface area contributed by atoms with E-state index in [-0.39, 0.29) is 5.44 Å². The average molecular weight is 418 g/mol. The van der Waals surface area contributed by atoms with Crippen LogP contribution in [0.1, 0.15) is 42.2 Å². The van der Waals surface area contributed by atoms with Gasteiger partial charge in [0.15, 0.2) is 4.08 Å². The first-order chi connectivity index (χ1) is 14.2. The van der Waals surface area contributed by atoms with Gasteiger partial charge >= 0.3 is 0 Å². The van der Waals surface area contributed by atoms with Gasteiger partial charge in [-0.15, -0.1) is 0 Å². The number of fused-ring (bicyclic) bond motifs is 1. The van der Waals surface area contributed by atoms with Crippen LogP contribution in [0.4, 0.5) is 0 Å². The van der Waals surface area contributed by atoms with Gasteiger partial charge in [0, 0.05) is 5.56 Å². The molecule has 1 saturated carbocycles. The molecule has 0 unspecified atom stereocenters. The zero-order chi connectivity index (χ0) is 20.0. The second-order valence-electron chi connectivity index (χ2n) is 7.62. The zero-order valence-electron chi connectivity index (χ0n) is 15.7. The molecule has 0 bridgehead atoms. The highest BCUT2D eigenvalue weighted by Crippen LogP contribution is 2.71. The number of nitriles is 2. The fraction of sp³-hybridized carbons (Fsp3) is 0.348. The third-order valence-electron chi connectivity index (χ3n) is 6.03. The number of nitrogens with zero attached hydrogens (tertiary/aromatic N) is 3. The number of benzene rings is 2. The van der Waals surface area contributed by atoms with Gasteiger partial charge in [-0.05, 0) is 18.4 Å². The van der Waals surface area contributed by atoms with Crippen molar-refractivity contribution in [1.29, 1.82) is 10.5 Å². The second-order valence-corrected chi connectivity index (χ2v) is 10.4. The van der Waals surface area contributed by atoms with Crippen LogP contribution in [0.2, 0.25) is 0 Å². The van der Waals surface area contributed by atoms with Gasteiger partial charge in [-0.3, -0.25) is 4.99 Å². The molecular formula is C23H19N3OS2. The molecule has 0 radical (unpaired) electrons. The number of ether oxygens (including phenoxy) is 1. The lowest BCUT2D eigenvalue weighted by Gasteiger charge is -2.40.